The third-order valence-corrected chi connectivity index (χ3v) is 4.21. The van der Waals surface area contributed by atoms with E-state index in [1.54, 1.807) is 7.11 Å². The van der Waals surface area contributed by atoms with Crippen LogP contribution in [0.15, 0.2) is 18.2 Å². The molecule has 19 heavy (non-hydrogen) atoms. The van der Waals surface area contributed by atoms with E-state index in [4.69, 9.17) is 16.3 Å². The van der Waals surface area contributed by atoms with Gasteiger partial charge in [-0.3, -0.25) is 4.90 Å². The third kappa shape index (κ3) is 3.41. The molecule has 106 valence electrons. The molecule has 2 unspecified atom stereocenters. The molecular formula is C15H23ClN2O. The van der Waals surface area contributed by atoms with Gasteiger partial charge in [-0.25, -0.2) is 0 Å². The molecule has 0 aliphatic carbocycles. The van der Waals surface area contributed by atoms with Gasteiger partial charge in [0, 0.05) is 42.3 Å². The second-order valence-corrected chi connectivity index (χ2v) is 5.63. The van der Waals surface area contributed by atoms with Crippen LogP contribution in [0, 0.1) is 0 Å². The molecule has 2 atom stereocenters. The molecule has 0 radical (unpaired) electrons. The van der Waals surface area contributed by atoms with Crippen molar-refractivity contribution in [2.45, 2.75) is 38.9 Å². The molecular weight excluding hydrogens is 260 g/mol. The number of halogens is 1. The van der Waals surface area contributed by atoms with E-state index in [9.17, 15) is 0 Å². The first-order chi connectivity index (χ1) is 9.15. The standard InChI is InChI=1S/C15H23ClN2O/c1-4-12-8-17-11(2)9-18(12)10-13-14(16)6-5-7-15(13)19-3/h5-7,11-12,17H,4,8-10H2,1-3H3. The predicted octanol–water partition coefficient (Wildman–Crippen LogP) is 2.92. The van der Waals surface area contributed by atoms with Gasteiger partial charge in [-0.05, 0) is 25.5 Å². The lowest BCUT2D eigenvalue weighted by atomic mass is 10.1. The van der Waals surface area contributed by atoms with Crippen molar-refractivity contribution in [3.63, 3.8) is 0 Å². The summed E-state index contributed by atoms with van der Waals surface area (Å²) in [4.78, 5) is 2.50. The Bertz CT molecular complexity index is 425. The summed E-state index contributed by atoms with van der Waals surface area (Å²) in [6, 6.07) is 6.94. The molecule has 4 heteroatoms. The van der Waals surface area contributed by atoms with E-state index in [2.05, 4.69) is 24.1 Å². The molecule has 1 N–H and O–H groups in total. The molecule has 2 rings (SSSR count). The van der Waals surface area contributed by atoms with Crippen LogP contribution in [0.5, 0.6) is 5.75 Å². The fourth-order valence-corrected chi connectivity index (χ4v) is 2.94. The van der Waals surface area contributed by atoms with Crippen molar-refractivity contribution in [2.75, 3.05) is 20.2 Å². The van der Waals surface area contributed by atoms with Crippen LogP contribution < -0.4 is 10.1 Å². The van der Waals surface area contributed by atoms with Crippen LogP contribution in [0.3, 0.4) is 0 Å². The van der Waals surface area contributed by atoms with Crippen molar-refractivity contribution < 1.29 is 4.74 Å². The first-order valence-electron chi connectivity index (χ1n) is 6.94. The van der Waals surface area contributed by atoms with Crippen LogP contribution in [0.4, 0.5) is 0 Å². The van der Waals surface area contributed by atoms with E-state index in [0.29, 0.717) is 12.1 Å². The van der Waals surface area contributed by atoms with Gasteiger partial charge in [-0.2, -0.15) is 0 Å². The lowest BCUT2D eigenvalue weighted by Crippen LogP contribution is -2.54. The second kappa shape index (κ2) is 6.60. The van der Waals surface area contributed by atoms with Gasteiger partial charge in [0.1, 0.15) is 5.75 Å². The van der Waals surface area contributed by atoms with Gasteiger partial charge >= 0.3 is 0 Å². The van der Waals surface area contributed by atoms with E-state index >= 15 is 0 Å². The molecule has 1 aromatic carbocycles. The van der Waals surface area contributed by atoms with Crippen molar-refractivity contribution in [1.29, 1.82) is 0 Å². The number of benzene rings is 1. The summed E-state index contributed by atoms with van der Waals surface area (Å²) >= 11 is 6.33. The third-order valence-electron chi connectivity index (χ3n) is 3.85. The maximum atomic E-state index is 6.33. The van der Waals surface area contributed by atoms with Crippen molar-refractivity contribution in [2.24, 2.45) is 0 Å². The molecule has 0 amide bonds. The van der Waals surface area contributed by atoms with Crippen LogP contribution in [0.1, 0.15) is 25.8 Å². The van der Waals surface area contributed by atoms with Crippen molar-refractivity contribution >= 4 is 11.6 Å². The van der Waals surface area contributed by atoms with Crippen LogP contribution in [-0.4, -0.2) is 37.2 Å². The lowest BCUT2D eigenvalue weighted by Gasteiger charge is -2.39. The highest BCUT2D eigenvalue weighted by Crippen LogP contribution is 2.29. The summed E-state index contributed by atoms with van der Waals surface area (Å²) in [6.45, 7) is 7.41. The molecule has 0 saturated carbocycles. The Kier molecular flexibility index (Phi) is 5.08. The fraction of sp³-hybridized carbons (Fsp3) is 0.600. The minimum Gasteiger partial charge on any atom is -0.496 e. The summed E-state index contributed by atoms with van der Waals surface area (Å²) in [5, 5.41) is 4.33. The van der Waals surface area contributed by atoms with Gasteiger partial charge in [-0.1, -0.05) is 24.6 Å². The number of hydrogen-bond acceptors (Lipinski definition) is 3. The average molecular weight is 283 g/mol. The highest BCUT2D eigenvalue weighted by Gasteiger charge is 2.25. The van der Waals surface area contributed by atoms with Gasteiger partial charge in [0.25, 0.3) is 0 Å². The summed E-state index contributed by atoms with van der Waals surface area (Å²) < 4.78 is 5.44. The quantitative estimate of drug-likeness (QED) is 0.919. The van der Waals surface area contributed by atoms with Crippen LogP contribution in [0.2, 0.25) is 5.02 Å². The molecule has 1 fully saturated rings. The van der Waals surface area contributed by atoms with Gasteiger partial charge in [0.2, 0.25) is 0 Å². The Morgan fingerprint density at radius 3 is 2.95 bits per heavy atom. The minimum atomic E-state index is 0.524. The average Bonchev–Trinajstić information content (AvgIpc) is 2.41. The monoisotopic (exact) mass is 282 g/mol. The van der Waals surface area contributed by atoms with Crippen LogP contribution >= 0.6 is 11.6 Å². The highest BCUT2D eigenvalue weighted by molar-refractivity contribution is 6.31. The maximum Gasteiger partial charge on any atom is 0.124 e. The molecule has 0 aromatic heterocycles. The second-order valence-electron chi connectivity index (χ2n) is 5.22. The number of piperazine rings is 1. The molecule has 0 bridgehead atoms. The highest BCUT2D eigenvalue weighted by atomic mass is 35.5. The number of hydrogen-bond donors (Lipinski definition) is 1. The first-order valence-corrected chi connectivity index (χ1v) is 7.32. The van der Waals surface area contributed by atoms with Gasteiger partial charge in [0.15, 0.2) is 0 Å². The summed E-state index contributed by atoms with van der Waals surface area (Å²) in [6.07, 6.45) is 1.15. The number of nitrogens with one attached hydrogen (secondary N) is 1. The topological polar surface area (TPSA) is 24.5 Å². The zero-order valence-electron chi connectivity index (χ0n) is 11.9. The largest absolute Gasteiger partial charge is 0.496 e. The number of rotatable bonds is 4. The Balaban J connectivity index is 2.19. The van der Waals surface area contributed by atoms with Crippen molar-refractivity contribution in [3.05, 3.63) is 28.8 Å². The minimum absolute atomic E-state index is 0.524. The molecule has 1 aliphatic heterocycles. The molecule has 0 spiro atoms. The summed E-state index contributed by atoms with van der Waals surface area (Å²) in [7, 11) is 1.70. The summed E-state index contributed by atoms with van der Waals surface area (Å²) in [5.74, 6) is 0.883. The molecule has 1 saturated heterocycles. The molecule has 1 aliphatic rings. The Morgan fingerprint density at radius 2 is 2.26 bits per heavy atom. The first kappa shape index (κ1) is 14.6. The van der Waals surface area contributed by atoms with E-state index < -0.39 is 0 Å². The van der Waals surface area contributed by atoms with E-state index in [0.717, 1.165) is 42.4 Å². The number of ether oxygens (including phenoxy) is 1. The predicted molar refractivity (Wildman–Crippen MR) is 80.0 cm³/mol. The molecule has 1 heterocycles. The van der Waals surface area contributed by atoms with Crippen molar-refractivity contribution in [3.8, 4) is 5.75 Å². The normalized spacial score (nSPS) is 24.4. The van der Waals surface area contributed by atoms with Crippen LogP contribution in [-0.2, 0) is 6.54 Å². The number of methoxy groups -OCH3 is 1. The smallest absolute Gasteiger partial charge is 0.124 e. The Labute approximate surface area is 120 Å². The SMILES string of the molecule is CCC1CNC(C)CN1Cc1c(Cl)cccc1OC. The van der Waals surface area contributed by atoms with E-state index in [1.165, 1.54) is 0 Å². The zero-order valence-corrected chi connectivity index (χ0v) is 12.7. The number of nitrogens with zero attached hydrogens (tertiary/aromatic N) is 1. The van der Waals surface area contributed by atoms with Gasteiger partial charge in [0.05, 0.1) is 7.11 Å². The van der Waals surface area contributed by atoms with Crippen molar-refractivity contribution in [1.82, 2.24) is 10.2 Å². The van der Waals surface area contributed by atoms with E-state index in [1.807, 2.05) is 18.2 Å². The molecule has 3 nitrogen and oxygen atoms in total. The summed E-state index contributed by atoms with van der Waals surface area (Å²) in [5.41, 5.74) is 1.10. The Hall–Kier alpha value is -0.770. The van der Waals surface area contributed by atoms with Gasteiger partial charge in [-0.15, -0.1) is 0 Å². The van der Waals surface area contributed by atoms with Gasteiger partial charge < -0.3 is 10.1 Å². The zero-order chi connectivity index (χ0) is 13.8. The Morgan fingerprint density at radius 1 is 1.47 bits per heavy atom. The lowest BCUT2D eigenvalue weighted by molar-refractivity contribution is 0.123. The fourth-order valence-electron chi connectivity index (χ4n) is 2.71. The maximum absolute atomic E-state index is 6.33. The van der Waals surface area contributed by atoms with E-state index in [-0.39, 0.29) is 0 Å². The van der Waals surface area contributed by atoms with Crippen LogP contribution in [0.25, 0.3) is 0 Å². The molecule has 1 aromatic rings.